The van der Waals surface area contributed by atoms with Gasteiger partial charge in [-0.1, -0.05) is 18.2 Å². The zero-order valence-electron chi connectivity index (χ0n) is 18.3. The van der Waals surface area contributed by atoms with Crippen LogP contribution in [0.5, 0.6) is 0 Å². The van der Waals surface area contributed by atoms with Gasteiger partial charge in [0.15, 0.2) is 6.61 Å². The van der Waals surface area contributed by atoms with E-state index in [2.05, 4.69) is 10.0 Å². The summed E-state index contributed by atoms with van der Waals surface area (Å²) in [5.41, 5.74) is 1.99. The van der Waals surface area contributed by atoms with Crippen LogP contribution in [0, 0.1) is 13.8 Å². The van der Waals surface area contributed by atoms with Crippen molar-refractivity contribution in [2.75, 3.05) is 11.3 Å². The molecule has 0 bridgehead atoms. The zero-order valence-corrected chi connectivity index (χ0v) is 19.1. The van der Waals surface area contributed by atoms with Crippen molar-refractivity contribution in [2.45, 2.75) is 18.7 Å². The minimum atomic E-state index is -3.96. The van der Waals surface area contributed by atoms with Crippen molar-refractivity contribution in [3.05, 3.63) is 83.2 Å². The topological polar surface area (TPSA) is 124 Å². The third-order valence-corrected chi connectivity index (χ3v) is 6.15. The maximum absolute atomic E-state index is 12.8. The molecule has 2 aromatic carbocycles. The van der Waals surface area contributed by atoms with Crippen LogP contribution in [0.3, 0.4) is 0 Å². The highest BCUT2D eigenvalue weighted by molar-refractivity contribution is 7.92. The number of esters is 1. The number of sulfonamides is 1. The molecule has 9 nitrogen and oxygen atoms in total. The third kappa shape index (κ3) is 5.86. The molecule has 0 saturated carbocycles. The van der Waals surface area contributed by atoms with E-state index in [0.717, 1.165) is 5.56 Å². The van der Waals surface area contributed by atoms with Crippen LogP contribution < -0.4 is 10.0 Å². The molecule has 1 heterocycles. The van der Waals surface area contributed by atoms with Crippen LogP contribution in [-0.4, -0.2) is 37.4 Å². The lowest BCUT2D eigenvalue weighted by atomic mass is 10.1. The summed E-state index contributed by atoms with van der Waals surface area (Å²) in [7, 11) is -2.31. The number of aromatic nitrogens is 1. The van der Waals surface area contributed by atoms with Crippen molar-refractivity contribution in [3.63, 3.8) is 0 Å². The first-order valence-electron chi connectivity index (χ1n) is 9.89. The van der Waals surface area contributed by atoms with Crippen LogP contribution >= 0.6 is 0 Å². The van der Waals surface area contributed by atoms with Crippen molar-refractivity contribution >= 4 is 33.5 Å². The van der Waals surface area contributed by atoms with Gasteiger partial charge in [-0.05, 0) is 61.4 Å². The highest BCUT2D eigenvalue weighted by Gasteiger charge is 2.20. The summed E-state index contributed by atoms with van der Waals surface area (Å²) in [5.74, 6) is -2.33. The second-order valence-corrected chi connectivity index (χ2v) is 9.09. The van der Waals surface area contributed by atoms with Crippen LogP contribution in [0.25, 0.3) is 0 Å². The summed E-state index contributed by atoms with van der Waals surface area (Å²) in [6.07, 6.45) is 1.65. The Morgan fingerprint density at radius 3 is 2.42 bits per heavy atom. The van der Waals surface area contributed by atoms with Gasteiger partial charge >= 0.3 is 5.97 Å². The Balaban J connectivity index is 1.68. The van der Waals surface area contributed by atoms with E-state index in [-0.39, 0.29) is 16.2 Å². The van der Waals surface area contributed by atoms with Gasteiger partial charge in [-0.15, -0.1) is 0 Å². The highest BCUT2D eigenvalue weighted by atomic mass is 32.2. The molecule has 0 atom stereocenters. The zero-order chi connectivity index (χ0) is 24.2. The normalized spacial score (nSPS) is 11.0. The van der Waals surface area contributed by atoms with Gasteiger partial charge in [-0.25, -0.2) is 13.2 Å². The number of benzene rings is 2. The minimum absolute atomic E-state index is 0.0105. The molecule has 2 amide bonds. The van der Waals surface area contributed by atoms with E-state index in [9.17, 15) is 22.8 Å². The Kier molecular flexibility index (Phi) is 6.98. The molecule has 10 heteroatoms. The van der Waals surface area contributed by atoms with E-state index in [0.29, 0.717) is 11.3 Å². The van der Waals surface area contributed by atoms with E-state index in [1.165, 1.54) is 28.8 Å². The molecule has 3 aromatic rings. The van der Waals surface area contributed by atoms with Crippen LogP contribution in [0.4, 0.5) is 5.69 Å². The molecular weight excluding hydrogens is 446 g/mol. The van der Waals surface area contributed by atoms with Crippen molar-refractivity contribution in [3.8, 4) is 0 Å². The largest absolute Gasteiger partial charge is 0.452 e. The molecule has 0 saturated heterocycles. The number of ether oxygens (including phenoxy) is 1. The highest BCUT2D eigenvalue weighted by Crippen LogP contribution is 2.20. The molecular formula is C23H23N3O6S. The van der Waals surface area contributed by atoms with Crippen LogP contribution in [0.2, 0.25) is 0 Å². The molecule has 0 aliphatic rings. The second kappa shape index (κ2) is 9.70. The first-order valence-corrected chi connectivity index (χ1v) is 11.4. The lowest BCUT2D eigenvalue weighted by molar-refractivity contribution is -0.123. The van der Waals surface area contributed by atoms with Crippen molar-refractivity contribution < 1.29 is 27.5 Å². The number of nitrogens with one attached hydrogen (secondary N) is 2. The van der Waals surface area contributed by atoms with Crippen LogP contribution in [-0.2, 0) is 26.6 Å². The number of amides is 2. The standard InChI is InChI=1S/C23H23N3O6S/c1-15-6-4-7-17(12-15)25-33(30,31)18-10-9-16(2)19(13-18)23(29)32-14-21(27)24-22(28)20-8-5-11-26(20)3/h4-13,25H,14H2,1-3H3,(H,24,27,28). The molecule has 0 spiro atoms. The van der Waals surface area contributed by atoms with Crippen molar-refractivity contribution in [2.24, 2.45) is 7.05 Å². The van der Waals surface area contributed by atoms with Gasteiger partial charge in [0.05, 0.1) is 10.5 Å². The smallest absolute Gasteiger partial charge is 0.338 e. The molecule has 33 heavy (non-hydrogen) atoms. The molecule has 0 radical (unpaired) electrons. The molecule has 2 N–H and O–H groups in total. The number of carbonyl (C=O) groups is 3. The summed E-state index contributed by atoms with van der Waals surface area (Å²) < 4.78 is 34.5. The van der Waals surface area contributed by atoms with Gasteiger partial charge < -0.3 is 9.30 Å². The third-order valence-electron chi connectivity index (χ3n) is 4.77. The van der Waals surface area contributed by atoms with Gasteiger partial charge in [0, 0.05) is 18.9 Å². The van der Waals surface area contributed by atoms with Crippen molar-refractivity contribution in [1.29, 1.82) is 0 Å². The number of anilines is 1. The maximum Gasteiger partial charge on any atom is 0.338 e. The Morgan fingerprint density at radius 1 is 1.00 bits per heavy atom. The van der Waals surface area contributed by atoms with E-state index >= 15 is 0 Å². The Bertz CT molecular complexity index is 1330. The second-order valence-electron chi connectivity index (χ2n) is 7.41. The number of hydrogen-bond acceptors (Lipinski definition) is 6. The average molecular weight is 470 g/mol. The van der Waals surface area contributed by atoms with Crippen molar-refractivity contribution in [1.82, 2.24) is 9.88 Å². The Labute approximate surface area is 191 Å². The predicted molar refractivity (Wildman–Crippen MR) is 121 cm³/mol. The summed E-state index contributed by atoms with van der Waals surface area (Å²) in [6.45, 7) is 2.74. The number of carbonyl (C=O) groups excluding carboxylic acids is 3. The molecule has 0 aliphatic heterocycles. The predicted octanol–water partition coefficient (Wildman–Crippen LogP) is 2.56. The lowest BCUT2D eigenvalue weighted by Gasteiger charge is -2.12. The summed E-state index contributed by atoms with van der Waals surface area (Å²) in [5, 5.41) is 2.13. The summed E-state index contributed by atoms with van der Waals surface area (Å²) >= 11 is 0. The van der Waals surface area contributed by atoms with Crippen LogP contribution in [0.1, 0.15) is 32.0 Å². The van der Waals surface area contributed by atoms with Crippen LogP contribution in [0.15, 0.2) is 65.7 Å². The molecule has 3 rings (SSSR count). The van der Waals surface area contributed by atoms with E-state index in [4.69, 9.17) is 4.74 Å². The SMILES string of the molecule is Cc1cccc(NS(=O)(=O)c2ccc(C)c(C(=O)OCC(=O)NC(=O)c3cccn3C)c2)c1. The number of imide groups is 1. The molecule has 0 aliphatic carbocycles. The summed E-state index contributed by atoms with van der Waals surface area (Å²) in [4.78, 5) is 36.5. The average Bonchev–Trinajstić information content (AvgIpc) is 3.18. The maximum atomic E-state index is 12.8. The van der Waals surface area contributed by atoms with Gasteiger partial charge in [0.25, 0.3) is 21.8 Å². The molecule has 0 unspecified atom stereocenters. The fraction of sp³-hybridized carbons (Fsp3) is 0.174. The fourth-order valence-corrected chi connectivity index (χ4v) is 4.12. The monoisotopic (exact) mass is 469 g/mol. The number of rotatable bonds is 7. The van der Waals surface area contributed by atoms with E-state index in [1.54, 1.807) is 44.4 Å². The first-order chi connectivity index (χ1) is 15.6. The quantitative estimate of drug-likeness (QED) is 0.513. The van der Waals surface area contributed by atoms with Gasteiger partial charge in [-0.3, -0.25) is 19.6 Å². The number of hydrogen-bond donors (Lipinski definition) is 2. The van der Waals surface area contributed by atoms with Gasteiger partial charge in [0.1, 0.15) is 5.69 Å². The molecule has 0 fully saturated rings. The molecule has 172 valence electrons. The minimum Gasteiger partial charge on any atom is -0.452 e. The van der Waals surface area contributed by atoms with E-state index in [1.807, 2.05) is 13.0 Å². The first kappa shape index (κ1) is 23.7. The Morgan fingerprint density at radius 2 is 1.76 bits per heavy atom. The van der Waals surface area contributed by atoms with Gasteiger partial charge in [-0.2, -0.15) is 0 Å². The lowest BCUT2D eigenvalue weighted by Crippen LogP contribution is -2.35. The number of aryl methyl sites for hydroxylation is 3. The molecule has 1 aromatic heterocycles. The summed E-state index contributed by atoms with van der Waals surface area (Å²) in [6, 6.07) is 14.1. The fourth-order valence-electron chi connectivity index (χ4n) is 3.04. The van der Waals surface area contributed by atoms with Gasteiger partial charge in [0.2, 0.25) is 0 Å². The Hall–Kier alpha value is -3.92. The van der Waals surface area contributed by atoms with E-state index < -0.39 is 34.4 Å². The number of nitrogens with zero attached hydrogens (tertiary/aromatic N) is 1.